The third-order valence-electron chi connectivity index (χ3n) is 3.38. The standard InChI is InChI=1S/C14H17NO4/c1-8-3-4-9(5-12(8)19-2)7-15-13(16)10-6-11(10)14(17)18/h3-5,10-11H,6-7H2,1-2H3,(H,15,16)(H,17,18)/t10-,11+/m0/s1. The summed E-state index contributed by atoms with van der Waals surface area (Å²) in [6.07, 6.45) is 0.443. The first-order chi connectivity index (χ1) is 9.02. The second-order valence-electron chi connectivity index (χ2n) is 4.81. The van der Waals surface area contributed by atoms with Gasteiger partial charge in [-0.2, -0.15) is 0 Å². The molecule has 0 spiro atoms. The summed E-state index contributed by atoms with van der Waals surface area (Å²) in [5, 5.41) is 11.5. The number of hydrogen-bond donors (Lipinski definition) is 2. The van der Waals surface area contributed by atoms with Crippen molar-refractivity contribution in [2.24, 2.45) is 11.8 Å². The molecule has 2 N–H and O–H groups in total. The highest BCUT2D eigenvalue weighted by atomic mass is 16.5. The van der Waals surface area contributed by atoms with Gasteiger partial charge in [0.1, 0.15) is 5.75 Å². The number of ether oxygens (including phenoxy) is 1. The Morgan fingerprint density at radius 2 is 2.16 bits per heavy atom. The van der Waals surface area contributed by atoms with Crippen LogP contribution in [-0.2, 0) is 16.1 Å². The summed E-state index contributed by atoms with van der Waals surface area (Å²) >= 11 is 0. The van der Waals surface area contributed by atoms with Crippen molar-refractivity contribution >= 4 is 11.9 Å². The predicted molar refractivity (Wildman–Crippen MR) is 68.8 cm³/mol. The number of carboxylic acids is 1. The maximum Gasteiger partial charge on any atom is 0.307 e. The number of hydrogen-bond acceptors (Lipinski definition) is 3. The summed E-state index contributed by atoms with van der Waals surface area (Å²) in [4.78, 5) is 22.4. The molecule has 2 atom stereocenters. The Morgan fingerprint density at radius 3 is 2.74 bits per heavy atom. The Hall–Kier alpha value is -2.04. The van der Waals surface area contributed by atoms with E-state index in [1.807, 2.05) is 25.1 Å². The van der Waals surface area contributed by atoms with Gasteiger partial charge in [0.05, 0.1) is 18.9 Å². The number of benzene rings is 1. The van der Waals surface area contributed by atoms with Crippen LogP contribution in [0.2, 0.25) is 0 Å². The molecular weight excluding hydrogens is 246 g/mol. The van der Waals surface area contributed by atoms with Crippen LogP contribution in [0.15, 0.2) is 18.2 Å². The SMILES string of the molecule is COc1cc(CNC(=O)[C@H]2C[C@H]2C(=O)O)ccc1C. The molecule has 5 heteroatoms. The number of amides is 1. The van der Waals surface area contributed by atoms with E-state index in [4.69, 9.17) is 9.84 Å². The van der Waals surface area contributed by atoms with Gasteiger partial charge in [0, 0.05) is 6.54 Å². The van der Waals surface area contributed by atoms with E-state index in [2.05, 4.69) is 5.32 Å². The van der Waals surface area contributed by atoms with Crippen LogP contribution in [0.4, 0.5) is 0 Å². The summed E-state index contributed by atoms with van der Waals surface area (Å²) in [7, 11) is 1.60. The molecule has 0 saturated heterocycles. The zero-order chi connectivity index (χ0) is 14.0. The average Bonchev–Trinajstić information content (AvgIpc) is 3.17. The van der Waals surface area contributed by atoms with Gasteiger partial charge in [-0.1, -0.05) is 12.1 Å². The Balaban J connectivity index is 1.89. The zero-order valence-corrected chi connectivity index (χ0v) is 11.0. The Morgan fingerprint density at radius 1 is 1.42 bits per heavy atom. The van der Waals surface area contributed by atoms with Crippen LogP contribution < -0.4 is 10.1 Å². The summed E-state index contributed by atoms with van der Waals surface area (Å²) in [5.41, 5.74) is 1.97. The number of aliphatic carboxylic acids is 1. The molecule has 1 fully saturated rings. The number of methoxy groups -OCH3 is 1. The van der Waals surface area contributed by atoms with Crippen molar-refractivity contribution < 1.29 is 19.4 Å². The highest BCUT2D eigenvalue weighted by Crippen LogP contribution is 2.38. The minimum Gasteiger partial charge on any atom is -0.496 e. The highest BCUT2D eigenvalue weighted by molar-refractivity contribution is 5.89. The first-order valence-corrected chi connectivity index (χ1v) is 6.17. The molecular formula is C14H17NO4. The molecule has 0 radical (unpaired) electrons. The Kier molecular flexibility index (Phi) is 3.74. The number of carbonyl (C=O) groups is 2. The number of carbonyl (C=O) groups excluding carboxylic acids is 1. The quantitative estimate of drug-likeness (QED) is 0.840. The second-order valence-corrected chi connectivity index (χ2v) is 4.81. The van der Waals surface area contributed by atoms with E-state index in [0.717, 1.165) is 16.9 Å². The van der Waals surface area contributed by atoms with E-state index in [1.165, 1.54) is 0 Å². The summed E-state index contributed by atoms with van der Waals surface area (Å²) in [6.45, 7) is 2.33. The number of rotatable bonds is 5. The molecule has 1 aromatic carbocycles. The maximum atomic E-state index is 11.7. The number of aryl methyl sites for hydroxylation is 1. The van der Waals surface area contributed by atoms with Gasteiger partial charge >= 0.3 is 5.97 Å². The van der Waals surface area contributed by atoms with Crippen LogP contribution in [0.3, 0.4) is 0 Å². The zero-order valence-electron chi connectivity index (χ0n) is 11.0. The molecule has 1 aromatic rings. The molecule has 0 unspecified atom stereocenters. The topological polar surface area (TPSA) is 75.6 Å². The van der Waals surface area contributed by atoms with Gasteiger partial charge in [0.25, 0.3) is 0 Å². The minimum atomic E-state index is -0.892. The highest BCUT2D eigenvalue weighted by Gasteiger charge is 2.48. The molecule has 1 aliphatic rings. The third-order valence-corrected chi connectivity index (χ3v) is 3.38. The van der Waals surface area contributed by atoms with Crippen LogP contribution in [-0.4, -0.2) is 24.1 Å². The van der Waals surface area contributed by atoms with Crippen LogP contribution in [0.5, 0.6) is 5.75 Å². The summed E-state index contributed by atoms with van der Waals surface area (Å²) < 4.78 is 5.21. The van der Waals surface area contributed by atoms with E-state index in [-0.39, 0.29) is 11.8 Å². The Labute approximate surface area is 111 Å². The van der Waals surface area contributed by atoms with Crippen molar-refractivity contribution in [3.05, 3.63) is 29.3 Å². The van der Waals surface area contributed by atoms with E-state index >= 15 is 0 Å². The fraction of sp³-hybridized carbons (Fsp3) is 0.429. The molecule has 1 saturated carbocycles. The van der Waals surface area contributed by atoms with E-state index in [9.17, 15) is 9.59 Å². The molecule has 1 aliphatic carbocycles. The molecule has 0 aromatic heterocycles. The largest absolute Gasteiger partial charge is 0.496 e. The maximum absolute atomic E-state index is 11.7. The van der Waals surface area contributed by atoms with Crippen LogP contribution >= 0.6 is 0 Å². The van der Waals surface area contributed by atoms with Gasteiger partial charge in [-0.3, -0.25) is 9.59 Å². The third kappa shape index (κ3) is 3.05. The van der Waals surface area contributed by atoms with E-state index in [1.54, 1.807) is 7.11 Å². The van der Waals surface area contributed by atoms with Crippen molar-refractivity contribution in [3.8, 4) is 5.75 Å². The Bertz CT molecular complexity index is 512. The lowest BCUT2D eigenvalue weighted by Crippen LogP contribution is -2.25. The fourth-order valence-electron chi connectivity index (χ4n) is 2.05. The summed E-state index contributed by atoms with van der Waals surface area (Å²) in [5.74, 6) is -1.18. The molecule has 5 nitrogen and oxygen atoms in total. The lowest BCUT2D eigenvalue weighted by atomic mass is 10.1. The van der Waals surface area contributed by atoms with Crippen LogP contribution in [0.1, 0.15) is 17.5 Å². The minimum absolute atomic E-state index is 0.188. The van der Waals surface area contributed by atoms with Crippen molar-refractivity contribution in [2.75, 3.05) is 7.11 Å². The first-order valence-electron chi connectivity index (χ1n) is 6.17. The van der Waals surface area contributed by atoms with E-state index < -0.39 is 11.9 Å². The van der Waals surface area contributed by atoms with Crippen LogP contribution in [0.25, 0.3) is 0 Å². The number of carboxylic acid groups (broad SMARTS) is 1. The second kappa shape index (κ2) is 5.30. The summed E-state index contributed by atoms with van der Waals surface area (Å²) in [6, 6.07) is 5.72. The van der Waals surface area contributed by atoms with Gasteiger partial charge in [-0.15, -0.1) is 0 Å². The lowest BCUT2D eigenvalue weighted by molar-refractivity contribution is -0.140. The van der Waals surface area contributed by atoms with Crippen molar-refractivity contribution in [1.29, 1.82) is 0 Å². The number of nitrogens with one attached hydrogen (secondary N) is 1. The fourth-order valence-corrected chi connectivity index (χ4v) is 2.05. The smallest absolute Gasteiger partial charge is 0.307 e. The predicted octanol–water partition coefficient (Wildman–Crippen LogP) is 1.34. The molecule has 2 rings (SSSR count). The molecule has 1 amide bonds. The van der Waals surface area contributed by atoms with E-state index in [0.29, 0.717) is 13.0 Å². The van der Waals surface area contributed by atoms with Gasteiger partial charge in [0.15, 0.2) is 0 Å². The van der Waals surface area contributed by atoms with Gasteiger partial charge in [-0.05, 0) is 30.5 Å². The van der Waals surface area contributed by atoms with Gasteiger partial charge in [0.2, 0.25) is 5.91 Å². The van der Waals surface area contributed by atoms with Crippen molar-refractivity contribution in [2.45, 2.75) is 19.9 Å². The van der Waals surface area contributed by atoms with Gasteiger partial charge < -0.3 is 15.2 Å². The monoisotopic (exact) mass is 263 g/mol. The van der Waals surface area contributed by atoms with Gasteiger partial charge in [-0.25, -0.2) is 0 Å². The molecule has 19 heavy (non-hydrogen) atoms. The average molecular weight is 263 g/mol. The molecule has 0 heterocycles. The molecule has 102 valence electrons. The lowest BCUT2D eigenvalue weighted by Gasteiger charge is -2.08. The molecule has 0 bridgehead atoms. The van der Waals surface area contributed by atoms with Crippen molar-refractivity contribution in [3.63, 3.8) is 0 Å². The van der Waals surface area contributed by atoms with Crippen molar-refractivity contribution in [1.82, 2.24) is 5.32 Å². The normalized spacial score (nSPS) is 20.7. The molecule has 0 aliphatic heterocycles. The van der Waals surface area contributed by atoms with Crippen LogP contribution in [0, 0.1) is 18.8 Å². The first kappa shape index (κ1) is 13.4.